The number of carbonyl (C=O) groups excluding carboxylic acids is 3. The molecule has 0 radical (unpaired) electrons. The zero-order valence-corrected chi connectivity index (χ0v) is 12.9. The Bertz CT molecular complexity index is 833. The van der Waals surface area contributed by atoms with E-state index in [1.807, 2.05) is 5.32 Å². The van der Waals surface area contributed by atoms with Crippen molar-refractivity contribution >= 4 is 23.4 Å². The van der Waals surface area contributed by atoms with E-state index < -0.39 is 58.8 Å². The molecule has 2 N–H and O–H groups in total. The maximum absolute atomic E-state index is 13.8. The van der Waals surface area contributed by atoms with Crippen molar-refractivity contribution in [2.75, 3.05) is 6.54 Å². The van der Waals surface area contributed by atoms with Gasteiger partial charge in [-0.05, 0) is 0 Å². The Hall–Kier alpha value is -3.40. The van der Waals surface area contributed by atoms with Crippen molar-refractivity contribution in [3.05, 3.63) is 41.0 Å². The van der Waals surface area contributed by atoms with Gasteiger partial charge in [0.05, 0.1) is 0 Å². The van der Waals surface area contributed by atoms with Crippen LogP contribution in [0.1, 0.15) is 12.0 Å². The molecule has 8 nitrogen and oxygen atoms in total. The molecule has 0 atom stereocenters. The molecule has 2 rings (SSSR count). The lowest BCUT2D eigenvalue weighted by molar-refractivity contribution is -0.137. The van der Waals surface area contributed by atoms with Gasteiger partial charge >= 0.3 is 0 Å². The van der Waals surface area contributed by atoms with Crippen LogP contribution in [-0.2, 0) is 20.9 Å². The molecule has 0 aromatic heterocycles. The molecule has 3 amide bonds. The van der Waals surface area contributed by atoms with Crippen LogP contribution in [0.4, 0.5) is 23.2 Å². The van der Waals surface area contributed by atoms with E-state index in [0.717, 1.165) is 17.1 Å². The van der Waals surface area contributed by atoms with Crippen LogP contribution in [0.3, 0.4) is 0 Å². The number of benzene rings is 1. The maximum atomic E-state index is 13.8. The molecular weight excluding hydrogens is 362 g/mol. The lowest BCUT2D eigenvalue weighted by Crippen LogP contribution is -2.34. The predicted octanol–water partition coefficient (Wildman–Crippen LogP) is 1.36. The summed E-state index contributed by atoms with van der Waals surface area (Å²) in [7, 11) is 0. The molecule has 0 saturated carbocycles. The van der Waals surface area contributed by atoms with Gasteiger partial charge in [-0.25, -0.2) is 17.6 Å². The highest BCUT2D eigenvalue weighted by molar-refractivity contribution is 6.13. The second kappa shape index (κ2) is 7.66. The molecule has 1 aliphatic rings. The average Bonchev–Trinajstić information content (AvgIpc) is 2.93. The molecule has 136 valence electrons. The minimum Gasteiger partial charge on any atom is -0.352 e. The summed E-state index contributed by atoms with van der Waals surface area (Å²) >= 11 is 0. The smallest absolute Gasteiger partial charge is 0.253 e. The van der Waals surface area contributed by atoms with Crippen molar-refractivity contribution in [1.29, 1.82) is 5.53 Å². The van der Waals surface area contributed by atoms with Gasteiger partial charge in [-0.15, -0.1) is 0 Å². The fourth-order valence-corrected chi connectivity index (χ4v) is 2.10. The Morgan fingerprint density at radius 1 is 1.08 bits per heavy atom. The summed E-state index contributed by atoms with van der Waals surface area (Å²) in [6.07, 6.45) is 1.66. The molecule has 26 heavy (non-hydrogen) atoms. The van der Waals surface area contributed by atoms with Gasteiger partial charge < -0.3 is 5.32 Å². The van der Waals surface area contributed by atoms with Crippen molar-refractivity contribution < 1.29 is 31.9 Å². The molecule has 0 fully saturated rings. The molecular formula is C14H10F4N5O3+. The minimum absolute atomic E-state index is 0.271. The summed E-state index contributed by atoms with van der Waals surface area (Å²) < 4.78 is 54.9. The number of carbonyl (C=O) groups is 3. The molecule has 1 heterocycles. The van der Waals surface area contributed by atoms with Crippen LogP contribution in [0.5, 0.6) is 0 Å². The first-order chi connectivity index (χ1) is 12.3. The molecule has 0 aliphatic carbocycles. The topological polar surface area (TPSA) is 117 Å². The van der Waals surface area contributed by atoms with Gasteiger partial charge in [-0.1, -0.05) is 0 Å². The Morgan fingerprint density at radius 3 is 2.12 bits per heavy atom. The Morgan fingerprint density at radius 2 is 1.62 bits per heavy atom. The van der Waals surface area contributed by atoms with E-state index in [4.69, 9.17) is 5.53 Å². The summed E-state index contributed by atoms with van der Waals surface area (Å²) in [5, 5.41) is 4.68. The van der Waals surface area contributed by atoms with Gasteiger partial charge in [0.2, 0.25) is 16.5 Å². The van der Waals surface area contributed by atoms with Crippen LogP contribution < -0.4 is 10.2 Å². The minimum atomic E-state index is -1.86. The maximum Gasteiger partial charge on any atom is 0.253 e. The van der Waals surface area contributed by atoms with Crippen molar-refractivity contribution in [3.8, 4) is 0 Å². The van der Waals surface area contributed by atoms with E-state index in [1.165, 1.54) is 0 Å². The lowest BCUT2D eigenvalue weighted by Gasteiger charge is -2.13. The lowest BCUT2D eigenvalue weighted by atomic mass is 10.1. The van der Waals surface area contributed by atoms with Gasteiger partial charge in [0, 0.05) is 37.2 Å². The number of rotatable bonds is 6. The van der Waals surface area contributed by atoms with Gasteiger partial charge in [0.1, 0.15) is 5.53 Å². The third-order valence-electron chi connectivity index (χ3n) is 3.41. The van der Waals surface area contributed by atoms with Crippen LogP contribution in [0.2, 0.25) is 0 Å². The van der Waals surface area contributed by atoms with Gasteiger partial charge in [0.25, 0.3) is 11.8 Å². The fourth-order valence-electron chi connectivity index (χ4n) is 2.10. The first kappa shape index (κ1) is 18.9. The molecule has 0 spiro atoms. The normalized spacial score (nSPS) is 13.2. The second-order valence-electron chi connectivity index (χ2n) is 4.97. The molecule has 0 saturated heterocycles. The summed E-state index contributed by atoms with van der Waals surface area (Å²) in [6.45, 7) is -1.16. The largest absolute Gasteiger partial charge is 0.352 e. The molecule has 12 heteroatoms. The number of nitrogens with zero attached hydrogens (tertiary/aromatic N) is 3. The molecule has 1 aliphatic heterocycles. The van der Waals surface area contributed by atoms with E-state index >= 15 is 0 Å². The third kappa shape index (κ3) is 3.64. The van der Waals surface area contributed by atoms with E-state index in [1.54, 1.807) is 0 Å². The number of hydrogen-bond donors (Lipinski definition) is 2. The Kier molecular flexibility index (Phi) is 5.58. The van der Waals surface area contributed by atoms with Gasteiger partial charge in [-0.2, -0.15) is 0 Å². The van der Waals surface area contributed by atoms with Gasteiger partial charge in [0.15, 0.2) is 28.4 Å². The Labute approximate surface area is 142 Å². The predicted molar refractivity (Wildman–Crippen MR) is 75.5 cm³/mol. The van der Waals surface area contributed by atoms with Crippen LogP contribution in [0, 0.1) is 28.8 Å². The fraction of sp³-hybridized carbons (Fsp3) is 0.214. The summed E-state index contributed by atoms with van der Waals surface area (Å²) in [5.74, 6) is -9.33. The van der Waals surface area contributed by atoms with Crippen LogP contribution >= 0.6 is 0 Å². The number of imide groups is 1. The van der Waals surface area contributed by atoms with E-state index in [2.05, 4.69) is 10.0 Å². The number of hydrogen-bond acceptors (Lipinski definition) is 5. The van der Waals surface area contributed by atoms with E-state index in [-0.39, 0.29) is 13.0 Å². The van der Waals surface area contributed by atoms with E-state index in [0.29, 0.717) is 0 Å². The zero-order chi connectivity index (χ0) is 19.4. The molecule has 1 aromatic rings. The van der Waals surface area contributed by atoms with Crippen molar-refractivity contribution in [2.24, 2.45) is 5.11 Å². The standard InChI is InChI=1S/C14H9F4N5O3/c15-10-6(11(16)13(18)14(12(10)17)21-22-19)5-20-7(24)3-4-23-8(25)1-2-9(23)26/h1-2,19H,3-5H2/p+1. The first-order valence-corrected chi connectivity index (χ1v) is 7.00. The zero-order valence-electron chi connectivity index (χ0n) is 12.9. The van der Waals surface area contributed by atoms with Crippen molar-refractivity contribution in [1.82, 2.24) is 15.1 Å². The molecule has 0 bridgehead atoms. The highest BCUT2D eigenvalue weighted by Crippen LogP contribution is 2.29. The van der Waals surface area contributed by atoms with Crippen LogP contribution in [-0.4, -0.2) is 29.2 Å². The first-order valence-electron chi connectivity index (χ1n) is 7.00. The van der Waals surface area contributed by atoms with Crippen molar-refractivity contribution in [2.45, 2.75) is 13.0 Å². The number of halogens is 4. The summed E-state index contributed by atoms with van der Waals surface area (Å²) in [5.41, 5.74) is 3.89. The highest BCUT2D eigenvalue weighted by Gasteiger charge is 2.28. The molecule has 1 aromatic carbocycles. The van der Waals surface area contributed by atoms with Crippen LogP contribution in [0.25, 0.3) is 0 Å². The summed E-state index contributed by atoms with van der Waals surface area (Å²) in [4.78, 5) is 37.4. The number of amides is 3. The Balaban J connectivity index is 2.05. The summed E-state index contributed by atoms with van der Waals surface area (Å²) in [6, 6.07) is 0. The number of nitrogens with one attached hydrogen (secondary N) is 2. The van der Waals surface area contributed by atoms with Crippen molar-refractivity contribution in [3.63, 3.8) is 0 Å². The second-order valence-corrected chi connectivity index (χ2v) is 4.97. The highest BCUT2D eigenvalue weighted by atomic mass is 19.2. The average molecular weight is 372 g/mol. The SMILES string of the molecule is N=[N+]=Nc1c(F)c(F)c(CNC(=O)CCN2C(=O)C=CC2=O)c(F)c1F. The van der Waals surface area contributed by atoms with E-state index in [9.17, 15) is 31.9 Å². The molecule has 0 unspecified atom stereocenters. The third-order valence-corrected chi connectivity index (χ3v) is 3.41. The monoisotopic (exact) mass is 372 g/mol. The van der Waals surface area contributed by atoms with Gasteiger partial charge in [-0.3, -0.25) is 19.3 Å². The quantitative estimate of drug-likeness (QED) is 0.258. The van der Waals surface area contributed by atoms with Crippen LogP contribution in [0.15, 0.2) is 17.3 Å².